The molecule has 0 saturated carbocycles. The lowest BCUT2D eigenvalue weighted by Crippen LogP contribution is -2.51. The van der Waals surface area contributed by atoms with E-state index in [0.717, 1.165) is 11.5 Å². The van der Waals surface area contributed by atoms with Gasteiger partial charge in [-0.15, -0.1) is 0 Å². The van der Waals surface area contributed by atoms with Crippen molar-refractivity contribution in [2.24, 2.45) is 5.92 Å². The summed E-state index contributed by atoms with van der Waals surface area (Å²) in [4.78, 5) is 16.5. The number of carbonyl (C=O) groups excluding carboxylic acids is 1. The minimum atomic E-state index is -0.215. The maximum atomic E-state index is 12.2. The number of hydrazine groups is 1. The number of pyridine rings is 1. The van der Waals surface area contributed by atoms with Gasteiger partial charge in [0.15, 0.2) is 0 Å². The van der Waals surface area contributed by atoms with Crippen molar-refractivity contribution in [1.29, 1.82) is 0 Å². The van der Waals surface area contributed by atoms with E-state index < -0.39 is 0 Å². The minimum Gasteiger partial charge on any atom is -0.465 e. The summed E-state index contributed by atoms with van der Waals surface area (Å²) >= 11 is 0. The van der Waals surface area contributed by atoms with Gasteiger partial charge in [0.1, 0.15) is 23.5 Å². The highest BCUT2D eigenvalue weighted by Gasteiger charge is 2.39. The van der Waals surface area contributed by atoms with Gasteiger partial charge in [-0.3, -0.25) is 10.2 Å². The molecule has 1 amide bonds. The summed E-state index contributed by atoms with van der Waals surface area (Å²) in [6.07, 6.45) is 1.47. The van der Waals surface area contributed by atoms with Gasteiger partial charge < -0.3 is 15.1 Å². The van der Waals surface area contributed by atoms with Gasteiger partial charge >= 0.3 is 0 Å². The molecule has 3 unspecified atom stereocenters. The number of aromatic nitrogens is 1. The van der Waals surface area contributed by atoms with Crippen LogP contribution in [0.5, 0.6) is 0 Å². The molecule has 2 aliphatic heterocycles. The Kier molecular flexibility index (Phi) is 3.09. The Labute approximate surface area is 127 Å². The number of furan rings is 1. The SMILES string of the molecule is Cc1ccc(C2NNCC2C2NC(=O)c3cccnc3N2)o1. The van der Waals surface area contributed by atoms with Crippen LogP contribution in [0.25, 0.3) is 0 Å². The Balaban J connectivity index is 1.61. The van der Waals surface area contributed by atoms with Crippen LogP contribution in [0.1, 0.15) is 27.9 Å². The molecule has 2 aromatic rings. The molecular formula is C15H17N5O2. The first kappa shape index (κ1) is 13.3. The highest BCUT2D eigenvalue weighted by molar-refractivity contribution is 6.00. The number of hydrogen-bond acceptors (Lipinski definition) is 6. The summed E-state index contributed by atoms with van der Waals surface area (Å²) in [6, 6.07) is 7.41. The Bertz CT molecular complexity index is 713. The number of fused-ring (bicyclic) bond motifs is 1. The molecule has 3 atom stereocenters. The summed E-state index contributed by atoms with van der Waals surface area (Å²) in [5, 5.41) is 6.32. The Morgan fingerprint density at radius 3 is 3.00 bits per heavy atom. The maximum Gasteiger partial charge on any atom is 0.256 e. The molecule has 1 saturated heterocycles. The van der Waals surface area contributed by atoms with Gasteiger partial charge in [0, 0.05) is 18.7 Å². The quantitative estimate of drug-likeness (QED) is 0.659. The van der Waals surface area contributed by atoms with Gasteiger partial charge in [0.05, 0.1) is 11.6 Å². The maximum absolute atomic E-state index is 12.2. The van der Waals surface area contributed by atoms with E-state index in [1.54, 1.807) is 18.3 Å². The van der Waals surface area contributed by atoms with Gasteiger partial charge in [0.2, 0.25) is 0 Å². The van der Waals surface area contributed by atoms with Crippen molar-refractivity contribution in [2.45, 2.75) is 19.1 Å². The van der Waals surface area contributed by atoms with E-state index in [1.165, 1.54) is 0 Å². The standard InChI is InChI=1S/C15H17N5O2/c1-8-4-5-11(22-8)12-10(7-17-20-12)14-18-13-9(15(21)19-14)3-2-6-16-13/h2-6,10,12,14,17,20H,7H2,1H3,(H,16,18)(H,19,21). The van der Waals surface area contributed by atoms with E-state index in [9.17, 15) is 4.79 Å². The predicted molar refractivity (Wildman–Crippen MR) is 79.9 cm³/mol. The van der Waals surface area contributed by atoms with E-state index in [-0.39, 0.29) is 24.0 Å². The number of amides is 1. The molecule has 22 heavy (non-hydrogen) atoms. The first-order valence-corrected chi connectivity index (χ1v) is 7.29. The fraction of sp³-hybridized carbons (Fsp3) is 0.333. The number of aryl methyl sites for hydroxylation is 1. The highest BCUT2D eigenvalue weighted by atomic mass is 16.3. The number of nitrogens with one attached hydrogen (secondary N) is 4. The largest absolute Gasteiger partial charge is 0.465 e. The Hall–Kier alpha value is -2.38. The number of hydrogen-bond donors (Lipinski definition) is 4. The van der Waals surface area contributed by atoms with Crippen LogP contribution in [0.2, 0.25) is 0 Å². The zero-order valence-corrected chi connectivity index (χ0v) is 12.1. The van der Waals surface area contributed by atoms with Crippen LogP contribution in [-0.4, -0.2) is 23.6 Å². The summed E-state index contributed by atoms with van der Waals surface area (Å²) in [7, 11) is 0. The molecule has 0 bridgehead atoms. The van der Waals surface area contributed by atoms with E-state index in [4.69, 9.17) is 4.42 Å². The van der Waals surface area contributed by atoms with Crippen LogP contribution in [0.4, 0.5) is 5.82 Å². The normalized spacial score (nSPS) is 27.1. The first-order valence-electron chi connectivity index (χ1n) is 7.29. The number of nitrogens with zero attached hydrogens (tertiary/aromatic N) is 1. The molecular weight excluding hydrogens is 282 g/mol. The predicted octanol–water partition coefficient (Wildman–Crippen LogP) is 0.930. The zero-order valence-electron chi connectivity index (χ0n) is 12.1. The van der Waals surface area contributed by atoms with E-state index in [2.05, 4.69) is 26.5 Å². The van der Waals surface area contributed by atoms with E-state index >= 15 is 0 Å². The third kappa shape index (κ3) is 2.15. The highest BCUT2D eigenvalue weighted by Crippen LogP contribution is 2.31. The van der Waals surface area contributed by atoms with E-state index in [0.29, 0.717) is 17.9 Å². The average molecular weight is 299 g/mol. The Morgan fingerprint density at radius 2 is 2.18 bits per heavy atom. The van der Waals surface area contributed by atoms with Crippen molar-refractivity contribution >= 4 is 11.7 Å². The topological polar surface area (TPSA) is 91.2 Å². The van der Waals surface area contributed by atoms with Crippen molar-refractivity contribution < 1.29 is 9.21 Å². The molecule has 7 heteroatoms. The monoisotopic (exact) mass is 299 g/mol. The number of anilines is 1. The zero-order chi connectivity index (χ0) is 15.1. The molecule has 7 nitrogen and oxygen atoms in total. The van der Waals surface area contributed by atoms with Gasteiger partial charge in [-0.25, -0.2) is 10.4 Å². The average Bonchev–Trinajstić information content (AvgIpc) is 3.15. The lowest BCUT2D eigenvalue weighted by atomic mass is 9.95. The van der Waals surface area contributed by atoms with Crippen LogP contribution in [0.3, 0.4) is 0 Å². The third-order valence-corrected chi connectivity index (χ3v) is 4.15. The summed E-state index contributed by atoms with van der Waals surface area (Å²) in [6.45, 7) is 2.63. The molecule has 2 aliphatic rings. The van der Waals surface area contributed by atoms with Crippen molar-refractivity contribution in [1.82, 2.24) is 21.2 Å². The molecule has 0 spiro atoms. The van der Waals surface area contributed by atoms with Gasteiger partial charge in [0.25, 0.3) is 5.91 Å². The number of carbonyl (C=O) groups is 1. The Morgan fingerprint density at radius 1 is 1.27 bits per heavy atom. The molecule has 4 rings (SSSR count). The molecule has 0 aromatic carbocycles. The van der Waals surface area contributed by atoms with Gasteiger partial charge in [-0.05, 0) is 31.2 Å². The van der Waals surface area contributed by atoms with Crippen LogP contribution < -0.4 is 21.5 Å². The number of rotatable bonds is 2. The second-order valence-electron chi connectivity index (χ2n) is 5.61. The first-order chi connectivity index (χ1) is 10.7. The summed E-state index contributed by atoms with van der Waals surface area (Å²) in [5.74, 6) is 2.35. The smallest absolute Gasteiger partial charge is 0.256 e. The fourth-order valence-electron chi connectivity index (χ4n) is 3.04. The van der Waals surface area contributed by atoms with Crippen LogP contribution >= 0.6 is 0 Å². The van der Waals surface area contributed by atoms with E-state index in [1.807, 2.05) is 19.1 Å². The van der Waals surface area contributed by atoms with Crippen molar-refractivity contribution in [3.05, 3.63) is 47.5 Å². The summed E-state index contributed by atoms with van der Waals surface area (Å²) in [5.41, 5.74) is 6.93. The van der Waals surface area contributed by atoms with Crippen LogP contribution in [0, 0.1) is 12.8 Å². The van der Waals surface area contributed by atoms with Gasteiger partial charge in [-0.2, -0.15) is 0 Å². The summed E-state index contributed by atoms with van der Waals surface area (Å²) < 4.78 is 5.73. The molecule has 4 heterocycles. The van der Waals surface area contributed by atoms with Crippen molar-refractivity contribution in [2.75, 3.05) is 11.9 Å². The molecule has 0 aliphatic carbocycles. The molecule has 1 fully saturated rings. The minimum absolute atomic E-state index is 0.0169. The van der Waals surface area contributed by atoms with Crippen LogP contribution in [-0.2, 0) is 0 Å². The molecule has 114 valence electrons. The lowest BCUT2D eigenvalue weighted by molar-refractivity contribution is 0.0919. The van der Waals surface area contributed by atoms with Crippen molar-refractivity contribution in [3.8, 4) is 0 Å². The fourth-order valence-corrected chi connectivity index (χ4v) is 3.04. The second-order valence-corrected chi connectivity index (χ2v) is 5.61. The third-order valence-electron chi connectivity index (χ3n) is 4.15. The van der Waals surface area contributed by atoms with Crippen molar-refractivity contribution in [3.63, 3.8) is 0 Å². The lowest BCUT2D eigenvalue weighted by Gasteiger charge is -2.32. The molecule has 0 radical (unpaired) electrons. The molecule has 2 aromatic heterocycles. The second kappa shape index (κ2) is 5.11. The molecule has 4 N–H and O–H groups in total. The van der Waals surface area contributed by atoms with Crippen LogP contribution in [0.15, 0.2) is 34.9 Å². The van der Waals surface area contributed by atoms with Gasteiger partial charge in [-0.1, -0.05) is 0 Å².